The van der Waals surface area contributed by atoms with Gasteiger partial charge in [0.1, 0.15) is 10.8 Å². The molecule has 0 saturated carbocycles. The summed E-state index contributed by atoms with van der Waals surface area (Å²) in [5, 5.41) is 13.6. The van der Waals surface area contributed by atoms with Crippen molar-refractivity contribution < 1.29 is 27.8 Å². The third kappa shape index (κ3) is 7.87. The molecular formula is C28H31F3N4O3S. The molecule has 1 amide bonds. The Kier molecular flexibility index (Phi) is 9.71. The largest absolute Gasteiger partial charge is 0.492 e. The predicted molar refractivity (Wildman–Crippen MR) is 144 cm³/mol. The molecule has 0 aliphatic carbocycles. The van der Waals surface area contributed by atoms with E-state index in [1.165, 1.54) is 18.3 Å². The molecule has 4 rings (SSSR count). The minimum atomic E-state index is -4.46. The first-order chi connectivity index (χ1) is 18.7. The minimum absolute atomic E-state index is 0.0365. The standard InChI is InChI=1S/C28H31F3N4O3S/c1-2-38-25-11-4-3-10-24(25)35-15-13-34(14-16-35)19-21(36)18-33-26(37)23-9-6-12-32-27(23)39-22-8-5-7-20(17-22)28(29,30)31/h3-12,17,21,36H,2,13-16,18-19H2,1H3,(H,33,37). The Bertz CT molecular complexity index is 1250. The SMILES string of the molecule is CCOc1ccccc1N1CCN(CC(O)CNC(=O)c2cccnc2Sc2cccc(C(F)(F)F)c2)CC1. The Morgan fingerprint density at radius 3 is 2.62 bits per heavy atom. The van der Waals surface area contributed by atoms with E-state index in [2.05, 4.69) is 20.1 Å². The molecule has 1 fully saturated rings. The van der Waals surface area contributed by atoms with Crippen LogP contribution in [0, 0.1) is 0 Å². The molecule has 0 radical (unpaired) electrons. The highest BCUT2D eigenvalue weighted by atomic mass is 32.2. The van der Waals surface area contributed by atoms with Gasteiger partial charge in [0.25, 0.3) is 5.91 Å². The number of pyridine rings is 1. The summed E-state index contributed by atoms with van der Waals surface area (Å²) in [5.74, 6) is 0.408. The van der Waals surface area contributed by atoms with E-state index < -0.39 is 23.8 Å². The molecule has 2 N–H and O–H groups in total. The van der Waals surface area contributed by atoms with Crippen LogP contribution in [-0.2, 0) is 6.18 Å². The first-order valence-corrected chi connectivity index (χ1v) is 13.5. The number of alkyl halides is 3. The van der Waals surface area contributed by atoms with Gasteiger partial charge in [-0.2, -0.15) is 13.2 Å². The fraction of sp³-hybridized carbons (Fsp3) is 0.357. The highest BCUT2D eigenvalue weighted by molar-refractivity contribution is 7.99. The Hall–Kier alpha value is -3.28. The second-order valence-corrected chi connectivity index (χ2v) is 10.1. The van der Waals surface area contributed by atoms with E-state index in [9.17, 15) is 23.1 Å². The molecule has 1 aromatic heterocycles. The Balaban J connectivity index is 1.28. The van der Waals surface area contributed by atoms with Crippen LogP contribution in [0.5, 0.6) is 5.75 Å². The Labute approximate surface area is 230 Å². The summed E-state index contributed by atoms with van der Waals surface area (Å²) in [6, 6.07) is 16.0. The number of aliphatic hydroxyl groups is 1. The monoisotopic (exact) mass is 560 g/mol. The number of aliphatic hydroxyl groups excluding tert-OH is 1. The maximum absolute atomic E-state index is 13.1. The van der Waals surface area contributed by atoms with Crippen molar-refractivity contribution in [1.29, 1.82) is 0 Å². The van der Waals surface area contributed by atoms with Gasteiger partial charge >= 0.3 is 6.18 Å². The zero-order chi connectivity index (χ0) is 27.8. The lowest BCUT2D eigenvalue weighted by molar-refractivity contribution is -0.137. The first-order valence-electron chi connectivity index (χ1n) is 12.7. The highest BCUT2D eigenvalue weighted by Crippen LogP contribution is 2.35. The van der Waals surface area contributed by atoms with Crippen LogP contribution in [0.1, 0.15) is 22.8 Å². The van der Waals surface area contributed by atoms with E-state index in [4.69, 9.17) is 4.74 Å². The van der Waals surface area contributed by atoms with Crippen molar-refractivity contribution in [1.82, 2.24) is 15.2 Å². The van der Waals surface area contributed by atoms with Crippen molar-refractivity contribution in [2.45, 2.75) is 29.1 Å². The maximum Gasteiger partial charge on any atom is 0.416 e. The average molecular weight is 561 g/mol. The number of nitrogens with zero attached hydrogens (tertiary/aromatic N) is 3. The molecule has 3 aromatic rings. The van der Waals surface area contributed by atoms with Crippen molar-refractivity contribution in [3.8, 4) is 5.75 Å². The van der Waals surface area contributed by atoms with Gasteiger partial charge < -0.3 is 20.1 Å². The molecule has 7 nitrogen and oxygen atoms in total. The molecule has 0 spiro atoms. The van der Waals surface area contributed by atoms with Crippen LogP contribution in [-0.4, -0.2) is 72.9 Å². The van der Waals surface area contributed by atoms with Crippen molar-refractivity contribution >= 4 is 23.4 Å². The number of carbonyl (C=O) groups is 1. The number of carbonyl (C=O) groups excluding carboxylic acids is 1. The molecule has 2 aromatic carbocycles. The molecular weight excluding hydrogens is 529 g/mol. The van der Waals surface area contributed by atoms with E-state index in [0.29, 0.717) is 18.0 Å². The molecule has 2 heterocycles. The number of rotatable bonds is 10. The Morgan fingerprint density at radius 1 is 1.10 bits per heavy atom. The van der Waals surface area contributed by atoms with Gasteiger partial charge in [-0.15, -0.1) is 0 Å². The summed E-state index contributed by atoms with van der Waals surface area (Å²) >= 11 is 0.982. The quantitative estimate of drug-likeness (QED) is 0.376. The van der Waals surface area contributed by atoms with Crippen molar-refractivity contribution in [2.24, 2.45) is 0 Å². The molecule has 1 atom stereocenters. The van der Waals surface area contributed by atoms with E-state index in [1.54, 1.807) is 12.1 Å². The number of hydrogen-bond acceptors (Lipinski definition) is 7. The number of nitrogens with one attached hydrogen (secondary N) is 1. The highest BCUT2D eigenvalue weighted by Gasteiger charge is 2.30. The lowest BCUT2D eigenvalue weighted by Crippen LogP contribution is -2.50. The topological polar surface area (TPSA) is 77.9 Å². The number of aromatic nitrogens is 1. The van der Waals surface area contributed by atoms with Crippen molar-refractivity contribution in [2.75, 3.05) is 50.8 Å². The molecule has 1 unspecified atom stereocenters. The van der Waals surface area contributed by atoms with Crippen LogP contribution in [0.2, 0.25) is 0 Å². The van der Waals surface area contributed by atoms with Gasteiger partial charge in [-0.1, -0.05) is 30.0 Å². The smallest absolute Gasteiger partial charge is 0.416 e. The van der Waals surface area contributed by atoms with Gasteiger partial charge in [0.15, 0.2) is 0 Å². The van der Waals surface area contributed by atoms with Gasteiger partial charge in [-0.25, -0.2) is 4.98 Å². The number of halogens is 3. The van der Waals surface area contributed by atoms with Crippen LogP contribution in [0.25, 0.3) is 0 Å². The number of amides is 1. The van der Waals surface area contributed by atoms with Crippen LogP contribution < -0.4 is 15.0 Å². The van der Waals surface area contributed by atoms with E-state index in [0.717, 1.165) is 61.5 Å². The number of β-amino-alcohol motifs (C(OH)–C–C–N with tert-alkyl or cyclic N) is 1. The minimum Gasteiger partial charge on any atom is -0.492 e. The average Bonchev–Trinajstić information content (AvgIpc) is 2.93. The number of benzene rings is 2. The molecule has 39 heavy (non-hydrogen) atoms. The molecule has 208 valence electrons. The van der Waals surface area contributed by atoms with Gasteiger partial charge in [-0.3, -0.25) is 9.69 Å². The molecule has 11 heteroatoms. The summed E-state index contributed by atoms with van der Waals surface area (Å²) in [6.07, 6.45) is -3.77. The molecule has 1 saturated heterocycles. The predicted octanol–water partition coefficient (Wildman–Crippen LogP) is 4.56. The lowest BCUT2D eigenvalue weighted by Gasteiger charge is -2.37. The number of para-hydroxylation sites is 2. The van der Waals surface area contributed by atoms with Crippen LogP contribution in [0.15, 0.2) is 76.8 Å². The van der Waals surface area contributed by atoms with E-state index in [1.807, 2.05) is 31.2 Å². The fourth-order valence-corrected chi connectivity index (χ4v) is 5.27. The van der Waals surface area contributed by atoms with Crippen LogP contribution >= 0.6 is 11.8 Å². The van der Waals surface area contributed by atoms with Gasteiger partial charge in [0.05, 0.1) is 29.5 Å². The van der Waals surface area contributed by atoms with Crippen LogP contribution in [0.4, 0.5) is 18.9 Å². The van der Waals surface area contributed by atoms with Gasteiger partial charge in [0, 0.05) is 50.4 Å². The zero-order valence-electron chi connectivity index (χ0n) is 21.5. The maximum atomic E-state index is 13.1. The van der Waals surface area contributed by atoms with Crippen molar-refractivity contribution in [3.63, 3.8) is 0 Å². The van der Waals surface area contributed by atoms with E-state index in [-0.39, 0.29) is 17.1 Å². The second-order valence-electron chi connectivity index (χ2n) is 9.04. The number of hydrogen-bond donors (Lipinski definition) is 2. The second kappa shape index (κ2) is 13.2. The van der Waals surface area contributed by atoms with E-state index >= 15 is 0 Å². The number of piperazine rings is 1. The third-order valence-corrected chi connectivity index (χ3v) is 7.25. The summed E-state index contributed by atoms with van der Waals surface area (Å²) in [5.41, 5.74) is 0.521. The molecule has 0 bridgehead atoms. The normalized spacial score (nSPS) is 15.2. The van der Waals surface area contributed by atoms with Crippen molar-refractivity contribution in [3.05, 3.63) is 78.0 Å². The summed E-state index contributed by atoms with van der Waals surface area (Å²) in [6.45, 7) is 6.08. The number of anilines is 1. The summed E-state index contributed by atoms with van der Waals surface area (Å²) < 4.78 is 45.0. The lowest BCUT2D eigenvalue weighted by atomic mass is 10.2. The van der Waals surface area contributed by atoms with Gasteiger partial charge in [-0.05, 0) is 49.4 Å². The van der Waals surface area contributed by atoms with Gasteiger partial charge in [0.2, 0.25) is 0 Å². The Morgan fingerprint density at radius 2 is 1.87 bits per heavy atom. The molecule has 1 aliphatic heterocycles. The molecule has 1 aliphatic rings. The fourth-order valence-electron chi connectivity index (χ4n) is 4.33. The summed E-state index contributed by atoms with van der Waals surface area (Å²) in [4.78, 5) is 21.8. The number of ether oxygens (including phenoxy) is 1. The zero-order valence-corrected chi connectivity index (χ0v) is 22.3. The third-order valence-electron chi connectivity index (χ3n) is 6.24. The first kappa shape index (κ1) is 28.7. The summed E-state index contributed by atoms with van der Waals surface area (Å²) in [7, 11) is 0. The van der Waals surface area contributed by atoms with Crippen LogP contribution in [0.3, 0.4) is 0 Å².